The van der Waals surface area contributed by atoms with E-state index in [1.54, 1.807) is 24.3 Å². The number of nitrogens with one attached hydrogen (secondary N) is 1. The van der Waals surface area contributed by atoms with E-state index in [1.807, 2.05) is 6.07 Å². The van der Waals surface area contributed by atoms with Gasteiger partial charge in [-0.25, -0.2) is 0 Å². The van der Waals surface area contributed by atoms with Crippen molar-refractivity contribution in [3.63, 3.8) is 0 Å². The lowest BCUT2D eigenvalue weighted by Gasteiger charge is -2.30. The Bertz CT molecular complexity index is 486. The third-order valence-electron chi connectivity index (χ3n) is 2.57. The molecular weight excluding hydrogens is 232 g/mol. The van der Waals surface area contributed by atoms with Crippen LogP contribution in [0.5, 0.6) is 0 Å². The molecule has 1 aliphatic rings. The molecule has 0 aliphatic carbocycles. The van der Waals surface area contributed by atoms with Crippen LogP contribution in [0.25, 0.3) is 0 Å². The average molecular weight is 246 g/mol. The molecule has 18 heavy (non-hydrogen) atoms. The molecule has 1 aliphatic heterocycles. The molecular formula is C12H14N4O2. The molecule has 1 heterocycles. The second kappa shape index (κ2) is 4.97. The molecule has 6 nitrogen and oxygen atoms in total. The quantitative estimate of drug-likeness (QED) is 0.760. The molecule has 94 valence electrons. The van der Waals surface area contributed by atoms with Crippen LogP contribution in [0.15, 0.2) is 35.4 Å². The van der Waals surface area contributed by atoms with E-state index in [0.29, 0.717) is 5.69 Å². The Morgan fingerprint density at radius 2 is 2.06 bits per heavy atom. The topological polar surface area (TPSA) is 87.8 Å². The van der Waals surface area contributed by atoms with Crippen LogP contribution in [-0.4, -0.2) is 30.1 Å². The molecule has 0 radical (unpaired) electrons. The third kappa shape index (κ3) is 2.38. The number of benzene rings is 1. The molecule has 0 bridgehead atoms. The largest absolute Gasteiger partial charge is 0.343 e. The van der Waals surface area contributed by atoms with Crippen molar-refractivity contribution in [2.75, 3.05) is 5.01 Å². The fourth-order valence-corrected chi connectivity index (χ4v) is 1.72. The number of amides is 2. The fraction of sp³-hybridized carbons (Fsp3) is 0.250. The summed E-state index contributed by atoms with van der Waals surface area (Å²) in [5, 5.41) is 7.78. The highest BCUT2D eigenvalue weighted by atomic mass is 16.2. The minimum atomic E-state index is -0.778. The Labute approximate surface area is 104 Å². The molecule has 2 amide bonds. The molecule has 0 saturated carbocycles. The zero-order chi connectivity index (χ0) is 13.1. The van der Waals surface area contributed by atoms with Gasteiger partial charge in [-0.3, -0.25) is 9.59 Å². The summed E-state index contributed by atoms with van der Waals surface area (Å²) in [4.78, 5) is 23.3. The van der Waals surface area contributed by atoms with E-state index in [4.69, 9.17) is 5.73 Å². The van der Waals surface area contributed by atoms with Gasteiger partial charge in [0.2, 0.25) is 5.91 Å². The van der Waals surface area contributed by atoms with Crippen molar-refractivity contribution in [2.45, 2.75) is 19.0 Å². The summed E-state index contributed by atoms with van der Waals surface area (Å²) in [5.74, 6) is -0.640. The molecule has 0 aromatic heterocycles. The van der Waals surface area contributed by atoms with Crippen LogP contribution < -0.4 is 16.1 Å². The molecule has 0 saturated heterocycles. The Kier molecular flexibility index (Phi) is 3.38. The van der Waals surface area contributed by atoms with E-state index in [1.165, 1.54) is 18.1 Å². The van der Waals surface area contributed by atoms with Crippen molar-refractivity contribution in [1.82, 2.24) is 5.32 Å². The summed E-state index contributed by atoms with van der Waals surface area (Å²) in [7, 11) is 0. The number of carbonyl (C=O) groups excluding carboxylic acids is 2. The number of hydrogen-bond acceptors (Lipinski definition) is 4. The first kappa shape index (κ1) is 12.3. The van der Waals surface area contributed by atoms with E-state index < -0.39 is 12.1 Å². The van der Waals surface area contributed by atoms with E-state index in [2.05, 4.69) is 10.4 Å². The zero-order valence-electron chi connectivity index (χ0n) is 9.91. The minimum absolute atomic E-state index is 0.299. The van der Waals surface area contributed by atoms with Crippen LogP contribution in [0.3, 0.4) is 0 Å². The van der Waals surface area contributed by atoms with Crippen molar-refractivity contribution in [3.8, 4) is 0 Å². The van der Waals surface area contributed by atoms with Crippen molar-refractivity contribution >= 4 is 23.7 Å². The average Bonchev–Trinajstić information content (AvgIpc) is 2.35. The Morgan fingerprint density at radius 3 is 2.67 bits per heavy atom. The molecule has 0 spiro atoms. The lowest BCUT2D eigenvalue weighted by atomic mass is 10.1. The first-order valence-electron chi connectivity index (χ1n) is 5.55. The number of anilines is 1. The predicted molar refractivity (Wildman–Crippen MR) is 68.0 cm³/mol. The molecule has 1 aromatic carbocycles. The van der Waals surface area contributed by atoms with Gasteiger partial charge >= 0.3 is 0 Å². The van der Waals surface area contributed by atoms with Crippen LogP contribution >= 0.6 is 0 Å². The number of para-hydroxylation sites is 1. The van der Waals surface area contributed by atoms with Gasteiger partial charge in [0, 0.05) is 13.1 Å². The van der Waals surface area contributed by atoms with Gasteiger partial charge in [-0.05, 0) is 12.1 Å². The smallest absolute Gasteiger partial charge is 0.271 e. The molecule has 2 unspecified atom stereocenters. The first-order valence-corrected chi connectivity index (χ1v) is 5.55. The number of hydrogen-bond donors (Lipinski definition) is 2. The second-order valence-electron chi connectivity index (χ2n) is 4.01. The van der Waals surface area contributed by atoms with Gasteiger partial charge in [0.05, 0.1) is 11.7 Å². The number of carbonyl (C=O) groups is 2. The van der Waals surface area contributed by atoms with Crippen molar-refractivity contribution < 1.29 is 9.59 Å². The molecule has 2 rings (SSSR count). The first-order chi connectivity index (χ1) is 8.59. The van der Waals surface area contributed by atoms with Crippen LogP contribution in [0.1, 0.15) is 6.92 Å². The monoisotopic (exact) mass is 246 g/mol. The van der Waals surface area contributed by atoms with E-state index in [-0.39, 0.29) is 11.8 Å². The zero-order valence-corrected chi connectivity index (χ0v) is 9.91. The summed E-state index contributed by atoms with van der Waals surface area (Å²) in [6.45, 7) is 1.35. The van der Waals surface area contributed by atoms with E-state index >= 15 is 0 Å². The normalized spacial score (nSPS) is 23.0. The highest BCUT2D eigenvalue weighted by Gasteiger charge is 2.33. The molecule has 3 N–H and O–H groups in total. The van der Waals surface area contributed by atoms with Crippen LogP contribution in [-0.2, 0) is 9.59 Å². The van der Waals surface area contributed by atoms with Crippen molar-refractivity contribution in [2.24, 2.45) is 10.8 Å². The third-order valence-corrected chi connectivity index (χ3v) is 2.57. The van der Waals surface area contributed by atoms with Crippen LogP contribution in [0, 0.1) is 0 Å². The highest BCUT2D eigenvalue weighted by Crippen LogP contribution is 2.17. The number of nitrogens with two attached hydrogens (primary N) is 1. The molecule has 2 atom stereocenters. The standard InChI is InChI=1S/C12H14N4O2/c1-8(17)15-11-10(13)7-14-16(12(11)18)9-5-3-2-4-6-9/h2-7,10-11H,13H2,1H3,(H,15,17). The maximum Gasteiger partial charge on any atom is 0.271 e. The van der Waals surface area contributed by atoms with Gasteiger partial charge in [0.25, 0.3) is 5.91 Å². The van der Waals surface area contributed by atoms with E-state index in [0.717, 1.165) is 0 Å². The van der Waals surface area contributed by atoms with Crippen LogP contribution in [0.4, 0.5) is 5.69 Å². The summed E-state index contributed by atoms with van der Waals surface area (Å²) in [6, 6.07) is 7.59. The second-order valence-corrected chi connectivity index (χ2v) is 4.01. The Morgan fingerprint density at radius 1 is 1.39 bits per heavy atom. The van der Waals surface area contributed by atoms with Crippen molar-refractivity contribution in [1.29, 1.82) is 0 Å². The van der Waals surface area contributed by atoms with Gasteiger partial charge in [0.15, 0.2) is 0 Å². The van der Waals surface area contributed by atoms with Gasteiger partial charge in [-0.2, -0.15) is 10.1 Å². The van der Waals surface area contributed by atoms with Gasteiger partial charge in [0.1, 0.15) is 6.04 Å². The van der Waals surface area contributed by atoms with E-state index in [9.17, 15) is 9.59 Å². The Balaban J connectivity index is 2.27. The number of rotatable bonds is 2. The van der Waals surface area contributed by atoms with Gasteiger partial charge in [-0.15, -0.1) is 0 Å². The molecule has 6 heteroatoms. The van der Waals surface area contributed by atoms with Crippen LogP contribution in [0.2, 0.25) is 0 Å². The molecule has 0 fully saturated rings. The summed E-state index contributed by atoms with van der Waals surface area (Å²) < 4.78 is 0. The number of hydrazone groups is 1. The van der Waals surface area contributed by atoms with Gasteiger partial charge in [-0.1, -0.05) is 18.2 Å². The maximum absolute atomic E-state index is 12.2. The fourth-order valence-electron chi connectivity index (χ4n) is 1.72. The summed E-state index contributed by atoms with van der Waals surface area (Å²) >= 11 is 0. The summed E-state index contributed by atoms with van der Waals surface area (Å²) in [6.07, 6.45) is 1.45. The Hall–Kier alpha value is -2.21. The number of nitrogens with zero attached hydrogens (tertiary/aromatic N) is 2. The predicted octanol–water partition coefficient (Wildman–Crippen LogP) is -0.149. The SMILES string of the molecule is CC(=O)NC1C(=O)N(c2ccccc2)N=CC1N. The highest BCUT2D eigenvalue weighted by molar-refractivity contribution is 6.04. The minimum Gasteiger partial charge on any atom is -0.343 e. The molecule has 1 aromatic rings. The lowest BCUT2D eigenvalue weighted by molar-refractivity contribution is -0.126. The van der Waals surface area contributed by atoms with Gasteiger partial charge < -0.3 is 11.1 Å². The summed E-state index contributed by atoms with van der Waals surface area (Å²) in [5.41, 5.74) is 6.39. The lowest BCUT2D eigenvalue weighted by Crippen LogP contribution is -2.59. The maximum atomic E-state index is 12.2. The van der Waals surface area contributed by atoms with Crippen molar-refractivity contribution in [3.05, 3.63) is 30.3 Å².